The van der Waals surface area contributed by atoms with Gasteiger partial charge >= 0.3 is 0 Å². The maximum Gasteiger partial charge on any atom is 0.216 e. The van der Waals surface area contributed by atoms with E-state index in [1.807, 2.05) is 18.2 Å². The molecule has 20 heavy (non-hydrogen) atoms. The van der Waals surface area contributed by atoms with Gasteiger partial charge in [0.25, 0.3) is 0 Å². The Kier molecular flexibility index (Phi) is 4.84. The molecule has 1 amide bonds. The number of ether oxygens (including phenoxy) is 1. The molecule has 2 aromatic rings. The maximum atomic E-state index is 11.0. The number of aromatic nitrogens is 2. The molecule has 1 aromatic carbocycles. The van der Waals surface area contributed by atoms with Crippen LogP contribution in [0.3, 0.4) is 0 Å². The summed E-state index contributed by atoms with van der Waals surface area (Å²) in [5, 5.41) is 2.79. The first-order valence-corrected chi connectivity index (χ1v) is 7.03. The Morgan fingerprint density at radius 1 is 1.50 bits per heavy atom. The number of imidazole rings is 1. The largest absolute Gasteiger partial charge is 0.494 e. The number of hydrogen-bond donors (Lipinski definition) is 1. The summed E-state index contributed by atoms with van der Waals surface area (Å²) in [6, 6.07) is 5.82. The third-order valence-electron chi connectivity index (χ3n) is 3.07. The first-order valence-electron chi connectivity index (χ1n) is 6.50. The molecule has 108 valence electrons. The van der Waals surface area contributed by atoms with E-state index in [4.69, 9.17) is 16.3 Å². The summed E-state index contributed by atoms with van der Waals surface area (Å²) in [5.74, 6) is 2.12. The van der Waals surface area contributed by atoms with E-state index in [0.717, 1.165) is 22.6 Å². The minimum Gasteiger partial charge on any atom is -0.494 e. The van der Waals surface area contributed by atoms with Gasteiger partial charge in [0.1, 0.15) is 17.1 Å². The Morgan fingerprint density at radius 2 is 2.30 bits per heavy atom. The first kappa shape index (κ1) is 14.7. The fourth-order valence-electron chi connectivity index (χ4n) is 2.20. The van der Waals surface area contributed by atoms with E-state index >= 15 is 0 Å². The van der Waals surface area contributed by atoms with Gasteiger partial charge in [-0.2, -0.15) is 0 Å². The molecule has 0 saturated carbocycles. The number of halogens is 1. The van der Waals surface area contributed by atoms with Gasteiger partial charge in [0, 0.05) is 32.3 Å². The van der Waals surface area contributed by atoms with Crippen molar-refractivity contribution < 1.29 is 9.53 Å². The number of nitrogens with zero attached hydrogens (tertiary/aromatic N) is 2. The molecule has 1 N–H and O–H groups in total. The van der Waals surface area contributed by atoms with Crippen molar-refractivity contribution in [1.82, 2.24) is 14.9 Å². The number of aryl methyl sites for hydroxylation is 1. The van der Waals surface area contributed by atoms with Crippen LogP contribution in [-0.4, -0.2) is 35.0 Å². The van der Waals surface area contributed by atoms with Gasteiger partial charge in [0.2, 0.25) is 5.91 Å². The number of methoxy groups -OCH3 is 1. The van der Waals surface area contributed by atoms with Gasteiger partial charge in [-0.05, 0) is 12.1 Å². The molecule has 0 aliphatic rings. The van der Waals surface area contributed by atoms with Crippen LogP contribution in [-0.2, 0) is 17.8 Å². The van der Waals surface area contributed by atoms with Crippen LogP contribution in [0, 0.1) is 0 Å². The molecular formula is C14H18ClN3O2. The van der Waals surface area contributed by atoms with Gasteiger partial charge in [0.15, 0.2) is 0 Å². The van der Waals surface area contributed by atoms with E-state index in [2.05, 4.69) is 14.9 Å². The van der Waals surface area contributed by atoms with Crippen LogP contribution < -0.4 is 10.1 Å². The summed E-state index contributed by atoms with van der Waals surface area (Å²) in [6.07, 6.45) is 0.680. The second-order valence-electron chi connectivity index (χ2n) is 4.43. The zero-order valence-corrected chi connectivity index (χ0v) is 12.4. The van der Waals surface area contributed by atoms with Crippen molar-refractivity contribution in [3.63, 3.8) is 0 Å². The molecule has 0 atom stereocenters. The summed E-state index contributed by atoms with van der Waals surface area (Å²) in [4.78, 5) is 15.6. The number of nitrogens with one attached hydrogen (secondary N) is 1. The van der Waals surface area contributed by atoms with E-state index in [0.29, 0.717) is 25.4 Å². The van der Waals surface area contributed by atoms with Crippen molar-refractivity contribution in [2.24, 2.45) is 0 Å². The van der Waals surface area contributed by atoms with Crippen molar-refractivity contribution in [1.29, 1.82) is 0 Å². The lowest BCUT2D eigenvalue weighted by Gasteiger charge is -2.09. The van der Waals surface area contributed by atoms with Crippen molar-refractivity contribution >= 4 is 28.5 Å². The molecular weight excluding hydrogens is 278 g/mol. The zero-order valence-electron chi connectivity index (χ0n) is 11.6. The normalized spacial score (nSPS) is 10.8. The fourth-order valence-corrected chi connectivity index (χ4v) is 2.37. The van der Waals surface area contributed by atoms with Gasteiger partial charge in [-0.15, -0.1) is 11.6 Å². The van der Waals surface area contributed by atoms with Crippen LogP contribution in [0.4, 0.5) is 0 Å². The lowest BCUT2D eigenvalue weighted by molar-refractivity contribution is -0.118. The van der Waals surface area contributed by atoms with Crippen LogP contribution >= 0.6 is 11.6 Å². The molecule has 0 aliphatic heterocycles. The first-order chi connectivity index (χ1) is 9.67. The number of amides is 1. The number of carbonyl (C=O) groups is 1. The average Bonchev–Trinajstić information content (AvgIpc) is 2.77. The highest BCUT2D eigenvalue weighted by Gasteiger charge is 2.13. The topological polar surface area (TPSA) is 56.1 Å². The fraction of sp³-hybridized carbons (Fsp3) is 0.429. The zero-order chi connectivity index (χ0) is 14.5. The lowest BCUT2D eigenvalue weighted by atomic mass is 10.3. The average molecular weight is 296 g/mol. The highest BCUT2D eigenvalue weighted by atomic mass is 35.5. The standard InChI is InChI=1S/C14H18ClN3O2/c1-10(19)16-8-9-18-11-4-3-5-12(20-2)14(11)17-13(18)6-7-15/h3-5H,6-9H2,1-2H3,(H,16,19). The number of alkyl halides is 1. The minimum atomic E-state index is -0.0362. The van der Waals surface area contributed by atoms with Crippen molar-refractivity contribution in [2.75, 3.05) is 19.5 Å². The van der Waals surface area contributed by atoms with E-state index in [-0.39, 0.29) is 5.91 Å². The van der Waals surface area contributed by atoms with Crippen molar-refractivity contribution in [3.05, 3.63) is 24.0 Å². The lowest BCUT2D eigenvalue weighted by Crippen LogP contribution is -2.25. The third-order valence-corrected chi connectivity index (χ3v) is 3.26. The molecule has 0 aliphatic carbocycles. The molecule has 0 saturated heterocycles. The number of carbonyl (C=O) groups excluding carboxylic acids is 1. The van der Waals surface area contributed by atoms with Crippen LogP contribution in [0.25, 0.3) is 11.0 Å². The Labute approximate surface area is 122 Å². The second-order valence-corrected chi connectivity index (χ2v) is 4.81. The number of para-hydroxylation sites is 1. The Balaban J connectivity index is 2.38. The molecule has 2 rings (SSSR count). The SMILES string of the molecule is COc1cccc2c1nc(CCCl)n2CCNC(C)=O. The van der Waals surface area contributed by atoms with Gasteiger partial charge < -0.3 is 14.6 Å². The molecule has 5 nitrogen and oxygen atoms in total. The minimum absolute atomic E-state index is 0.0362. The predicted octanol–water partition coefficient (Wildman–Crippen LogP) is 1.96. The monoisotopic (exact) mass is 295 g/mol. The maximum absolute atomic E-state index is 11.0. The Morgan fingerprint density at radius 3 is 2.95 bits per heavy atom. The Hall–Kier alpha value is -1.75. The summed E-state index contributed by atoms with van der Waals surface area (Å²) >= 11 is 5.84. The highest BCUT2D eigenvalue weighted by molar-refractivity contribution is 6.17. The molecule has 1 aromatic heterocycles. The van der Waals surface area contributed by atoms with E-state index < -0.39 is 0 Å². The van der Waals surface area contributed by atoms with Gasteiger partial charge in [0.05, 0.1) is 12.6 Å². The van der Waals surface area contributed by atoms with Crippen LogP contribution in [0.15, 0.2) is 18.2 Å². The highest BCUT2D eigenvalue weighted by Crippen LogP contribution is 2.26. The molecule has 0 fully saturated rings. The number of fused-ring (bicyclic) bond motifs is 1. The van der Waals surface area contributed by atoms with E-state index in [1.54, 1.807) is 7.11 Å². The molecule has 1 heterocycles. The van der Waals surface area contributed by atoms with Gasteiger partial charge in [-0.25, -0.2) is 4.98 Å². The van der Waals surface area contributed by atoms with E-state index in [9.17, 15) is 4.79 Å². The summed E-state index contributed by atoms with van der Waals surface area (Å²) in [5.41, 5.74) is 1.83. The second kappa shape index (κ2) is 6.61. The van der Waals surface area contributed by atoms with E-state index in [1.165, 1.54) is 6.92 Å². The van der Waals surface area contributed by atoms with Crippen LogP contribution in [0.5, 0.6) is 5.75 Å². The summed E-state index contributed by atoms with van der Waals surface area (Å²) in [6.45, 7) is 2.73. The molecule has 0 unspecified atom stereocenters. The summed E-state index contributed by atoms with van der Waals surface area (Å²) in [7, 11) is 1.63. The molecule has 0 spiro atoms. The smallest absolute Gasteiger partial charge is 0.216 e. The molecule has 0 radical (unpaired) electrons. The quantitative estimate of drug-likeness (QED) is 0.829. The number of hydrogen-bond acceptors (Lipinski definition) is 3. The summed E-state index contributed by atoms with van der Waals surface area (Å²) < 4.78 is 7.42. The third kappa shape index (κ3) is 3.04. The molecule has 0 bridgehead atoms. The Bertz CT molecular complexity index is 610. The van der Waals surface area contributed by atoms with Crippen LogP contribution in [0.2, 0.25) is 0 Å². The molecule has 6 heteroatoms. The number of rotatable bonds is 6. The van der Waals surface area contributed by atoms with Gasteiger partial charge in [-0.1, -0.05) is 6.07 Å². The predicted molar refractivity (Wildman–Crippen MR) is 79.4 cm³/mol. The number of benzene rings is 1. The van der Waals surface area contributed by atoms with Gasteiger partial charge in [-0.3, -0.25) is 4.79 Å². The van der Waals surface area contributed by atoms with Crippen LogP contribution in [0.1, 0.15) is 12.7 Å². The van der Waals surface area contributed by atoms with Crippen molar-refractivity contribution in [3.8, 4) is 5.75 Å². The van der Waals surface area contributed by atoms with Crippen molar-refractivity contribution in [2.45, 2.75) is 19.9 Å².